The second kappa shape index (κ2) is 8.50. The zero-order valence-electron chi connectivity index (χ0n) is 8.85. The summed E-state index contributed by atoms with van der Waals surface area (Å²) < 4.78 is 0. The molecule has 0 spiro atoms. The molecule has 0 atom stereocenters. The minimum atomic E-state index is -0.0535. The van der Waals surface area contributed by atoms with Crippen molar-refractivity contribution >= 4 is 11.8 Å². The van der Waals surface area contributed by atoms with E-state index in [-0.39, 0.29) is 11.8 Å². The van der Waals surface area contributed by atoms with Gasteiger partial charge in [0.15, 0.2) is 0 Å². The van der Waals surface area contributed by atoms with Gasteiger partial charge in [-0.05, 0) is 6.42 Å². The number of rotatable bonds is 7. The highest BCUT2D eigenvalue weighted by atomic mass is 16.2. The van der Waals surface area contributed by atoms with Gasteiger partial charge in [-0.3, -0.25) is 9.59 Å². The van der Waals surface area contributed by atoms with Crippen molar-refractivity contribution in [2.75, 3.05) is 26.2 Å². The third-order valence-electron chi connectivity index (χ3n) is 1.53. The number of hydrogen-bond donors (Lipinski definition) is 3. The van der Waals surface area contributed by atoms with Gasteiger partial charge in [-0.2, -0.15) is 0 Å². The molecule has 0 saturated carbocycles. The number of carbonyl (C=O) groups is 2. The number of amides is 2. The maximum absolute atomic E-state index is 11.0. The Bertz CT molecular complexity index is 183. The molecule has 0 aromatic heterocycles. The van der Waals surface area contributed by atoms with Crippen molar-refractivity contribution in [3.05, 3.63) is 0 Å². The molecule has 3 N–H and O–H groups in total. The van der Waals surface area contributed by atoms with Gasteiger partial charge in [0.05, 0.1) is 6.54 Å². The smallest absolute Gasteiger partial charge is 0.233 e. The highest BCUT2D eigenvalue weighted by Gasteiger charge is 1.97. The first kappa shape index (κ1) is 12.9. The summed E-state index contributed by atoms with van der Waals surface area (Å²) in [5.41, 5.74) is 0. The minimum Gasteiger partial charge on any atom is -0.355 e. The summed E-state index contributed by atoms with van der Waals surface area (Å²) in [5.74, 6) is -0.0584. The predicted octanol–water partition coefficient (Wildman–Crippen LogP) is -0.762. The molecule has 0 saturated heterocycles. The lowest BCUT2D eigenvalue weighted by atomic mass is 10.4. The van der Waals surface area contributed by atoms with Crippen molar-refractivity contribution in [3.63, 3.8) is 0 Å². The fraction of sp³-hybridized carbons (Fsp3) is 0.778. The molecule has 0 aliphatic heterocycles. The van der Waals surface area contributed by atoms with Gasteiger partial charge in [-0.1, -0.05) is 6.92 Å². The van der Waals surface area contributed by atoms with Crippen LogP contribution < -0.4 is 16.0 Å². The van der Waals surface area contributed by atoms with Gasteiger partial charge in [0, 0.05) is 26.6 Å². The van der Waals surface area contributed by atoms with Crippen LogP contribution in [0.25, 0.3) is 0 Å². The largest absolute Gasteiger partial charge is 0.355 e. The van der Waals surface area contributed by atoms with Crippen molar-refractivity contribution in [2.45, 2.75) is 20.3 Å². The normalized spacial score (nSPS) is 9.57. The Morgan fingerprint density at radius 3 is 2.36 bits per heavy atom. The molecule has 0 bridgehead atoms. The molecule has 5 nitrogen and oxygen atoms in total. The molecule has 0 aromatic carbocycles. The standard InChI is InChI=1S/C9H19N3O2/c1-3-4-12-9(14)7-10-5-6-11-8(2)13/h10H,3-7H2,1-2H3,(H,11,13)(H,12,14). The summed E-state index contributed by atoms with van der Waals surface area (Å²) in [6.07, 6.45) is 0.942. The maximum Gasteiger partial charge on any atom is 0.233 e. The molecule has 14 heavy (non-hydrogen) atoms. The summed E-state index contributed by atoms with van der Waals surface area (Å²) in [6.45, 7) is 5.65. The first-order valence-corrected chi connectivity index (χ1v) is 4.88. The van der Waals surface area contributed by atoms with Crippen LogP contribution in [0.3, 0.4) is 0 Å². The number of hydrogen-bond acceptors (Lipinski definition) is 3. The van der Waals surface area contributed by atoms with E-state index in [0.717, 1.165) is 6.42 Å². The van der Waals surface area contributed by atoms with E-state index in [2.05, 4.69) is 16.0 Å². The van der Waals surface area contributed by atoms with Crippen LogP contribution in [0.5, 0.6) is 0 Å². The van der Waals surface area contributed by atoms with Crippen LogP contribution in [0.4, 0.5) is 0 Å². The van der Waals surface area contributed by atoms with E-state index in [0.29, 0.717) is 26.2 Å². The van der Waals surface area contributed by atoms with Gasteiger partial charge >= 0.3 is 0 Å². The Hall–Kier alpha value is -1.10. The lowest BCUT2D eigenvalue weighted by molar-refractivity contribution is -0.120. The van der Waals surface area contributed by atoms with Crippen LogP contribution in [0.1, 0.15) is 20.3 Å². The Balaban J connectivity index is 3.19. The second-order valence-electron chi connectivity index (χ2n) is 3.01. The summed E-state index contributed by atoms with van der Waals surface area (Å²) in [6, 6.07) is 0. The van der Waals surface area contributed by atoms with E-state index >= 15 is 0 Å². The van der Waals surface area contributed by atoms with Crippen molar-refractivity contribution in [2.24, 2.45) is 0 Å². The molecule has 0 heterocycles. The van der Waals surface area contributed by atoms with Crippen LogP contribution in [-0.2, 0) is 9.59 Å². The predicted molar refractivity (Wildman–Crippen MR) is 54.9 cm³/mol. The third-order valence-corrected chi connectivity index (χ3v) is 1.53. The van der Waals surface area contributed by atoms with E-state index in [4.69, 9.17) is 0 Å². The highest BCUT2D eigenvalue weighted by molar-refractivity contribution is 5.77. The first-order chi connectivity index (χ1) is 6.66. The van der Waals surface area contributed by atoms with Gasteiger partial charge in [0.1, 0.15) is 0 Å². The van der Waals surface area contributed by atoms with E-state index < -0.39 is 0 Å². The average molecular weight is 201 g/mol. The molecule has 0 aromatic rings. The molecule has 82 valence electrons. The molecule has 0 radical (unpaired) electrons. The Labute approximate surface area is 84.6 Å². The third kappa shape index (κ3) is 8.99. The number of carbonyl (C=O) groups excluding carboxylic acids is 2. The zero-order valence-corrected chi connectivity index (χ0v) is 8.85. The quantitative estimate of drug-likeness (QED) is 0.474. The average Bonchev–Trinajstić information content (AvgIpc) is 2.13. The van der Waals surface area contributed by atoms with E-state index in [1.165, 1.54) is 6.92 Å². The Morgan fingerprint density at radius 1 is 1.07 bits per heavy atom. The van der Waals surface area contributed by atoms with Crippen LogP contribution >= 0.6 is 0 Å². The SMILES string of the molecule is CCCNC(=O)CNCCNC(C)=O. The van der Waals surface area contributed by atoms with Crippen LogP contribution in [0.2, 0.25) is 0 Å². The fourth-order valence-corrected chi connectivity index (χ4v) is 0.856. The topological polar surface area (TPSA) is 70.2 Å². The van der Waals surface area contributed by atoms with Gasteiger partial charge < -0.3 is 16.0 Å². The van der Waals surface area contributed by atoms with Gasteiger partial charge in [0.2, 0.25) is 11.8 Å². The Morgan fingerprint density at radius 2 is 1.79 bits per heavy atom. The molecule has 5 heteroatoms. The summed E-state index contributed by atoms with van der Waals surface area (Å²) in [5, 5.41) is 8.30. The Kier molecular flexibility index (Phi) is 7.83. The second-order valence-corrected chi connectivity index (χ2v) is 3.01. The molecule has 0 unspecified atom stereocenters. The van der Waals surface area contributed by atoms with Crippen molar-refractivity contribution in [1.29, 1.82) is 0 Å². The zero-order chi connectivity index (χ0) is 10.8. The van der Waals surface area contributed by atoms with E-state index in [1.54, 1.807) is 0 Å². The molecule has 0 aliphatic carbocycles. The summed E-state index contributed by atoms with van der Waals surface area (Å²) in [4.78, 5) is 21.5. The molecular weight excluding hydrogens is 182 g/mol. The van der Waals surface area contributed by atoms with Crippen molar-refractivity contribution in [1.82, 2.24) is 16.0 Å². The number of nitrogens with one attached hydrogen (secondary N) is 3. The molecule has 0 rings (SSSR count). The van der Waals surface area contributed by atoms with E-state index in [9.17, 15) is 9.59 Å². The first-order valence-electron chi connectivity index (χ1n) is 4.88. The molecule has 0 aliphatic rings. The molecule has 0 fully saturated rings. The van der Waals surface area contributed by atoms with Crippen LogP contribution in [-0.4, -0.2) is 38.0 Å². The molecule has 2 amide bonds. The van der Waals surface area contributed by atoms with Crippen LogP contribution in [0.15, 0.2) is 0 Å². The minimum absolute atomic E-state index is 0.00493. The summed E-state index contributed by atoms with van der Waals surface area (Å²) >= 11 is 0. The molecular formula is C9H19N3O2. The van der Waals surface area contributed by atoms with Gasteiger partial charge in [-0.25, -0.2) is 0 Å². The highest BCUT2D eigenvalue weighted by Crippen LogP contribution is 1.70. The van der Waals surface area contributed by atoms with Crippen molar-refractivity contribution in [3.8, 4) is 0 Å². The maximum atomic E-state index is 11.0. The van der Waals surface area contributed by atoms with Gasteiger partial charge in [-0.15, -0.1) is 0 Å². The lowest BCUT2D eigenvalue weighted by Crippen LogP contribution is -2.37. The van der Waals surface area contributed by atoms with E-state index in [1.807, 2.05) is 6.92 Å². The lowest BCUT2D eigenvalue weighted by Gasteiger charge is -2.05. The monoisotopic (exact) mass is 201 g/mol. The summed E-state index contributed by atoms with van der Waals surface area (Å²) in [7, 11) is 0. The van der Waals surface area contributed by atoms with Crippen molar-refractivity contribution < 1.29 is 9.59 Å². The fourth-order valence-electron chi connectivity index (χ4n) is 0.856. The van der Waals surface area contributed by atoms with Gasteiger partial charge in [0.25, 0.3) is 0 Å². The van der Waals surface area contributed by atoms with Crippen LogP contribution in [0, 0.1) is 0 Å².